The quantitative estimate of drug-likeness (QED) is 0.194. The van der Waals surface area contributed by atoms with Crippen molar-refractivity contribution in [2.24, 2.45) is 4.99 Å². The molecule has 0 aromatic heterocycles. The van der Waals surface area contributed by atoms with Crippen LogP contribution in [0.25, 0.3) is 0 Å². The molecule has 1 aliphatic heterocycles. The zero-order chi connectivity index (χ0) is 18.6. The van der Waals surface area contributed by atoms with Crippen molar-refractivity contribution in [3.63, 3.8) is 0 Å². The molecular weight excluding hydrogens is 455 g/mol. The van der Waals surface area contributed by atoms with Crippen molar-refractivity contribution in [1.82, 2.24) is 15.5 Å². The number of nitrogens with one attached hydrogen (secondary N) is 2. The number of nitrogens with zero attached hydrogens (tertiary/aromatic N) is 2. The zero-order valence-electron chi connectivity index (χ0n) is 16.6. The zero-order valence-corrected chi connectivity index (χ0v) is 18.9. The molecule has 1 aromatic carbocycles. The summed E-state index contributed by atoms with van der Waals surface area (Å²) in [4.78, 5) is 6.79. The van der Waals surface area contributed by atoms with Crippen LogP contribution in [0.5, 0.6) is 5.75 Å². The summed E-state index contributed by atoms with van der Waals surface area (Å²) in [7, 11) is 3.50. The standard InChI is InChI=1S/C20H32N4O2.HI/c1-4-5-6-11-22-20(21-2)23-16-19(24-12-14-26-15-13-24)17-7-9-18(25-3)10-8-17;/h4-5,7-10,19H,6,11-16H2,1-3H3,(H2,21,22,23);1H. The maximum absolute atomic E-state index is 5.52. The first kappa shape index (κ1) is 23.7. The molecule has 27 heavy (non-hydrogen) atoms. The molecule has 1 atom stereocenters. The number of rotatable bonds is 8. The SMILES string of the molecule is CC=CCCNC(=NC)NCC(c1ccc(OC)cc1)N1CCOCC1.I. The molecule has 1 saturated heterocycles. The molecule has 0 spiro atoms. The van der Waals surface area contributed by atoms with Crippen LogP contribution in [0.2, 0.25) is 0 Å². The lowest BCUT2D eigenvalue weighted by Crippen LogP contribution is -2.46. The minimum Gasteiger partial charge on any atom is -0.497 e. The third kappa shape index (κ3) is 8.06. The van der Waals surface area contributed by atoms with E-state index in [0.717, 1.165) is 57.5 Å². The Morgan fingerprint density at radius 2 is 1.96 bits per heavy atom. The Morgan fingerprint density at radius 1 is 1.26 bits per heavy atom. The maximum atomic E-state index is 5.52. The van der Waals surface area contributed by atoms with Crippen LogP contribution in [0.4, 0.5) is 0 Å². The predicted octanol–water partition coefficient (Wildman–Crippen LogP) is 2.82. The Labute approximate surface area is 180 Å². The Kier molecular flexibility index (Phi) is 12.1. The molecule has 0 radical (unpaired) electrons. The number of hydrogen-bond donors (Lipinski definition) is 2. The lowest BCUT2D eigenvalue weighted by atomic mass is 10.0. The second kappa shape index (κ2) is 13.8. The van der Waals surface area contributed by atoms with Crippen LogP contribution < -0.4 is 15.4 Å². The topological polar surface area (TPSA) is 58.1 Å². The summed E-state index contributed by atoms with van der Waals surface area (Å²) in [5.41, 5.74) is 1.27. The molecule has 6 nitrogen and oxygen atoms in total. The highest BCUT2D eigenvalue weighted by atomic mass is 127. The highest BCUT2D eigenvalue weighted by molar-refractivity contribution is 14.0. The Balaban J connectivity index is 0.00000364. The molecule has 0 amide bonds. The van der Waals surface area contributed by atoms with Gasteiger partial charge in [0, 0.05) is 33.2 Å². The summed E-state index contributed by atoms with van der Waals surface area (Å²) in [6.45, 7) is 7.13. The van der Waals surface area contributed by atoms with Gasteiger partial charge in [-0.3, -0.25) is 9.89 Å². The Hall–Kier alpha value is -1.32. The van der Waals surface area contributed by atoms with Crippen LogP contribution in [0.1, 0.15) is 24.9 Å². The summed E-state index contributed by atoms with van der Waals surface area (Å²) in [6.07, 6.45) is 5.20. The van der Waals surface area contributed by atoms with Crippen LogP contribution in [-0.2, 0) is 4.74 Å². The van der Waals surface area contributed by atoms with Crippen molar-refractivity contribution >= 4 is 29.9 Å². The molecule has 1 aliphatic rings. The van der Waals surface area contributed by atoms with Crippen molar-refractivity contribution < 1.29 is 9.47 Å². The first-order valence-corrected chi connectivity index (χ1v) is 9.30. The smallest absolute Gasteiger partial charge is 0.191 e. The summed E-state index contributed by atoms with van der Waals surface area (Å²) in [5, 5.41) is 6.83. The Bertz CT molecular complexity index is 572. The van der Waals surface area contributed by atoms with E-state index in [9.17, 15) is 0 Å². The van der Waals surface area contributed by atoms with Gasteiger partial charge in [0.2, 0.25) is 0 Å². The lowest BCUT2D eigenvalue weighted by molar-refractivity contribution is 0.0170. The van der Waals surface area contributed by atoms with E-state index < -0.39 is 0 Å². The first-order valence-electron chi connectivity index (χ1n) is 9.30. The Morgan fingerprint density at radius 3 is 2.56 bits per heavy atom. The molecule has 1 aromatic rings. The van der Waals surface area contributed by atoms with E-state index in [4.69, 9.17) is 9.47 Å². The minimum absolute atomic E-state index is 0. The van der Waals surface area contributed by atoms with Gasteiger partial charge in [-0.05, 0) is 31.0 Å². The minimum atomic E-state index is 0. The van der Waals surface area contributed by atoms with Crippen molar-refractivity contribution in [2.45, 2.75) is 19.4 Å². The molecule has 0 bridgehead atoms. The van der Waals surface area contributed by atoms with Gasteiger partial charge in [-0.1, -0.05) is 24.3 Å². The normalized spacial score (nSPS) is 16.6. The second-order valence-corrected chi connectivity index (χ2v) is 6.17. The number of benzene rings is 1. The second-order valence-electron chi connectivity index (χ2n) is 6.17. The number of halogens is 1. The fraction of sp³-hybridized carbons (Fsp3) is 0.550. The highest BCUT2D eigenvalue weighted by Crippen LogP contribution is 2.23. The van der Waals surface area contributed by atoms with Gasteiger partial charge in [-0.25, -0.2) is 0 Å². The number of hydrogen-bond acceptors (Lipinski definition) is 4. The summed E-state index contributed by atoms with van der Waals surface area (Å²) in [6, 6.07) is 8.59. The highest BCUT2D eigenvalue weighted by Gasteiger charge is 2.23. The van der Waals surface area contributed by atoms with E-state index in [0.29, 0.717) is 0 Å². The molecular formula is C20H33IN4O2. The fourth-order valence-corrected chi connectivity index (χ4v) is 3.03. The number of ether oxygens (including phenoxy) is 2. The van der Waals surface area contributed by atoms with E-state index in [1.165, 1.54) is 5.56 Å². The van der Waals surface area contributed by atoms with Gasteiger partial charge in [0.25, 0.3) is 0 Å². The van der Waals surface area contributed by atoms with Gasteiger partial charge in [0.05, 0.1) is 26.4 Å². The van der Waals surface area contributed by atoms with E-state index in [1.54, 1.807) is 7.11 Å². The van der Waals surface area contributed by atoms with Gasteiger partial charge in [0.15, 0.2) is 5.96 Å². The third-order valence-electron chi connectivity index (χ3n) is 4.51. The van der Waals surface area contributed by atoms with Crippen molar-refractivity contribution in [1.29, 1.82) is 0 Å². The number of aliphatic imine (C=N–C) groups is 1. The molecule has 2 rings (SSSR count). The van der Waals surface area contributed by atoms with Crippen molar-refractivity contribution in [3.8, 4) is 5.75 Å². The van der Waals surface area contributed by atoms with Crippen LogP contribution in [0.15, 0.2) is 41.4 Å². The van der Waals surface area contributed by atoms with Crippen LogP contribution in [0, 0.1) is 0 Å². The van der Waals surface area contributed by atoms with E-state index in [2.05, 4.69) is 44.8 Å². The van der Waals surface area contributed by atoms with E-state index >= 15 is 0 Å². The summed E-state index contributed by atoms with van der Waals surface area (Å²) in [5.74, 6) is 1.71. The molecule has 1 fully saturated rings. The predicted molar refractivity (Wildman–Crippen MR) is 122 cm³/mol. The lowest BCUT2D eigenvalue weighted by Gasteiger charge is -2.35. The van der Waals surface area contributed by atoms with Gasteiger partial charge in [0.1, 0.15) is 5.75 Å². The molecule has 0 aliphatic carbocycles. The average Bonchev–Trinajstić information content (AvgIpc) is 2.71. The first-order chi connectivity index (χ1) is 12.8. The summed E-state index contributed by atoms with van der Waals surface area (Å²) >= 11 is 0. The van der Waals surface area contributed by atoms with Gasteiger partial charge in [-0.15, -0.1) is 24.0 Å². The molecule has 1 heterocycles. The number of guanidine groups is 1. The largest absolute Gasteiger partial charge is 0.497 e. The molecule has 1 unspecified atom stereocenters. The molecule has 7 heteroatoms. The monoisotopic (exact) mass is 488 g/mol. The van der Waals surface area contributed by atoms with Crippen molar-refractivity contribution in [3.05, 3.63) is 42.0 Å². The average molecular weight is 488 g/mol. The van der Waals surface area contributed by atoms with Gasteiger partial charge < -0.3 is 20.1 Å². The fourth-order valence-electron chi connectivity index (χ4n) is 3.03. The van der Waals surface area contributed by atoms with Crippen LogP contribution >= 0.6 is 24.0 Å². The van der Waals surface area contributed by atoms with E-state index in [1.807, 2.05) is 26.1 Å². The number of morpholine rings is 1. The van der Waals surface area contributed by atoms with E-state index in [-0.39, 0.29) is 30.0 Å². The number of methoxy groups -OCH3 is 1. The molecule has 152 valence electrons. The van der Waals surface area contributed by atoms with Gasteiger partial charge >= 0.3 is 0 Å². The van der Waals surface area contributed by atoms with Crippen molar-refractivity contribution in [2.75, 3.05) is 53.6 Å². The molecule has 0 saturated carbocycles. The maximum Gasteiger partial charge on any atom is 0.191 e. The van der Waals surface area contributed by atoms with Gasteiger partial charge in [-0.2, -0.15) is 0 Å². The van der Waals surface area contributed by atoms with Crippen LogP contribution in [0.3, 0.4) is 0 Å². The summed E-state index contributed by atoms with van der Waals surface area (Å²) < 4.78 is 10.8. The molecule has 2 N–H and O–H groups in total. The third-order valence-corrected chi connectivity index (χ3v) is 4.51. The number of allylic oxidation sites excluding steroid dienone is 1. The van der Waals surface area contributed by atoms with Crippen LogP contribution in [-0.4, -0.2) is 64.4 Å².